The molecule has 0 radical (unpaired) electrons. The maximum absolute atomic E-state index is 10.5. The normalized spacial score (nSPS) is 26.2. The number of nitrogens with zero attached hydrogens (tertiary/aromatic N) is 1. The predicted octanol–water partition coefficient (Wildman–Crippen LogP) is 1.23. The zero-order chi connectivity index (χ0) is 21.8. The molecular formula is C23H27NO6. The van der Waals surface area contributed by atoms with Gasteiger partial charge in [-0.3, -0.25) is 0 Å². The zero-order valence-electron chi connectivity index (χ0n) is 17.0. The van der Waals surface area contributed by atoms with Gasteiger partial charge in [0.2, 0.25) is 0 Å². The Morgan fingerprint density at radius 1 is 1.03 bits per heavy atom. The third kappa shape index (κ3) is 4.33. The van der Waals surface area contributed by atoms with Crippen LogP contribution in [0.3, 0.4) is 0 Å². The second-order valence-corrected chi connectivity index (χ2v) is 7.46. The van der Waals surface area contributed by atoms with Crippen molar-refractivity contribution in [2.75, 3.05) is 13.7 Å². The Hall–Kier alpha value is -2.47. The van der Waals surface area contributed by atoms with Crippen molar-refractivity contribution in [3.8, 4) is 11.8 Å². The van der Waals surface area contributed by atoms with E-state index in [2.05, 4.69) is 13.0 Å². The van der Waals surface area contributed by atoms with Crippen LogP contribution in [0.5, 0.6) is 5.75 Å². The molecule has 0 aromatic heterocycles. The van der Waals surface area contributed by atoms with E-state index in [9.17, 15) is 25.7 Å². The molecule has 1 saturated heterocycles. The van der Waals surface area contributed by atoms with Crippen molar-refractivity contribution in [2.24, 2.45) is 0 Å². The smallest absolute Gasteiger partial charge is 0.126 e. The molecule has 1 aliphatic rings. The highest BCUT2D eigenvalue weighted by Gasteiger charge is 2.45. The van der Waals surface area contributed by atoms with E-state index in [1.165, 1.54) is 12.7 Å². The summed E-state index contributed by atoms with van der Waals surface area (Å²) in [6, 6.07) is 13.6. The molecule has 4 N–H and O–H groups in total. The van der Waals surface area contributed by atoms with Crippen LogP contribution in [-0.4, -0.2) is 58.6 Å². The third-order valence-corrected chi connectivity index (χ3v) is 5.60. The summed E-state index contributed by atoms with van der Waals surface area (Å²) in [6.45, 7) is 1.57. The molecule has 1 heterocycles. The fraction of sp³-hybridized carbons (Fsp3) is 0.435. The highest BCUT2D eigenvalue weighted by atomic mass is 16.5. The second kappa shape index (κ2) is 9.56. The summed E-state index contributed by atoms with van der Waals surface area (Å²) in [5, 5.41) is 49.8. The average molecular weight is 413 g/mol. The van der Waals surface area contributed by atoms with Crippen LogP contribution in [0.15, 0.2) is 36.4 Å². The van der Waals surface area contributed by atoms with Gasteiger partial charge in [-0.05, 0) is 41.7 Å². The summed E-state index contributed by atoms with van der Waals surface area (Å²) in [5.41, 5.74) is 3.83. The largest absolute Gasteiger partial charge is 0.496 e. The van der Waals surface area contributed by atoms with Crippen LogP contribution in [-0.2, 0) is 17.6 Å². The standard InChI is InChI=1S/C23H27NO6/c1-3-13-4-6-14(7-5-13)8-15-9-17(18(29-2)10-16(15)11-24)23-22(28)21(27)20(26)19(12-25)30-23/h4-7,9-10,19-23,25-28H,3,8,12H2,1-2H3/t19?,20-,21+,22-,23+/m1/s1. The minimum atomic E-state index is -1.49. The average Bonchev–Trinajstić information content (AvgIpc) is 2.78. The molecule has 1 aliphatic heterocycles. The Labute approximate surface area is 175 Å². The van der Waals surface area contributed by atoms with Crippen LogP contribution in [0, 0.1) is 11.3 Å². The van der Waals surface area contributed by atoms with Crippen LogP contribution in [0.1, 0.15) is 40.8 Å². The number of aliphatic hydroxyl groups excluding tert-OH is 4. The molecular weight excluding hydrogens is 386 g/mol. The number of benzene rings is 2. The molecule has 5 atom stereocenters. The van der Waals surface area contributed by atoms with Gasteiger partial charge in [-0.1, -0.05) is 31.2 Å². The number of hydrogen-bond acceptors (Lipinski definition) is 7. The minimum absolute atomic E-state index is 0.320. The lowest BCUT2D eigenvalue weighted by atomic mass is 9.88. The van der Waals surface area contributed by atoms with E-state index in [4.69, 9.17) is 9.47 Å². The Kier molecular flexibility index (Phi) is 7.08. The first kappa shape index (κ1) is 22.2. The van der Waals surface area contributed by atoms with Gasteiger partial charge in [0.1, 0.15) is 36.3 Å². The maximum atomic E-state index is 10.5. The molecule has 0 spiro atoms. The SMILES string of the molecule is CCc1ccc(Cc2cc([C@@H]3OC(CO)[C@@H](O)[C@H](O)[C@H]3O)c(OC)cc2C#N)cc1. The van der Waals surface area contributed by atoms with Gasteiger partial charge in [-0.25, -0.2) is 0 Å². The van der Waals surface area contributed by atoms with Gasteiger partial charge in [0.25, 0.3) is 0 Å². The van der Waals surface area contributed by atoms with Crippen molar-refractivity contribution in [2.45, 2.75) is 50.3 Å². The minimum Gasteiger partial charge on any atom is -0.496 e. The van der Waals surface area contributed by atoms with E-state index < -0.39 is 37.1 Å². The molecule has 7 nitrogen and oxygen atoms in total. The van der Waals surface area contributed by atoms with Crippen LogP contribution < -0.4 is 4.74 Å². The molecule has 160 valence electrons. The molecule has 0 aliphatic carbocycles. The first-order valence-electron chi connectivity index (χ1n) is 9.92. The fourth-order valence-corrected chi connectivity index (χ4v) is 3.76. The van der Waals surface area contributed by atoms with Crippen molar-refractivity contribution in [1.82, 2.24) is 0 Å². The molecule has 2 aromatic carbocycles. The van der Waals surface area contributed by atoms with Crippen molar-refractivity contribution in [3.05, 3.63) is 64.2 Å². The summed E-state index contributed by atoms with van der Waals surface area (Å²) in [5.74, 6) is 0.320. The molecule has 1 unspecified atom stereocenters. The van der Waals surface area contributed by atoms with E-state index in [1.54, 1.807) is 12.1 Å². The lowest BCUT2D eigenvalue weighted by molar-refractivity contribution is -0.232. The lowest BCUT2D eigenvalue weighted by Crippen LogP contribution is -2.55. The number of methoxy groups -OCH3 is 1. The van der Waals surface area contributed by atoms with Crippen LogP contribution in [0.2, 0.25) is 0 Å². The van der Waals surface area contributed by atoms with Crippen molar-refractivity contribution in [1.29, 1.82) is 5.26 Å². The van der Waals surface area contributed by atoms with Crippen LogP contribution in [0.4, 0.5) is 0 Å². The number of rotatable bonds is 6. The summed E-state index contributed by atoms with van der Waals surface area (Å²) in [6.07, 6.45) is -5.01. The van der Waals surface area contributed by atoms with Gasteiger partial charge >= 0.3 is 0 Å². The first-order valence-corrected chi connectivity index (χ1v) is 9.92. The van der Waals surface area contributed by atoms with Crippen molar-refractivity contribution < 1.29 is 29.9 Å². The number of ether oxygens (including phenoxy) is 2. The molecule has 3 rings (SSSR count). The number of hydrogen-bond donors (Lipinski definition) is 4. The van der Waals surface area contributed by atoms with Crippen LogP contribution in [0.25, 0.3) is 0 Å². The summed E-state index contributed by atoms with van der Waals surface area (Å²) >= 11 is 0. The second-order valence-electron chi connectivity index (χ2n) is 7.46. The van der Waals surface area contributed by atoms with Crippen molar-refractivity contribution in [3.63, 3.8) is 0 Å². The van der Waals surface area contributed by atoms with Gasteiger partial charge in [0, 0.05) is 5.56 Å². The van der Waals surface area contributed by atoms with Crippen LogP contribution >= 0.6 is 0 Å². The highest BCUT2D eigenvalue weighted by molar-refractivity contribution is 5.51. The number of nitriles is 1. The fourth-order valence-electron chi connectivity index (χ4n) is 3.76. The van der Waals surface area contributed by atoms with E-state index in [1.807, 2.05) is 24.3 Å². The van der Waals surface area contributed by atoms with E-state index in [0.717, 1.165) is 17.5 Å². The molecule has 2 aromatic rings. The number of aliphatic hydroxyl groups is 4. The van der Waals surface area contributed by atoms with Gasteiger partial charge in [0.05, 0.1) is 25.3 Å². The topological polar surface area (TPSA) is 123 Å². The van der Waals surface area contributed by atoms with E-state index in [0.29, 0.717) is 23.3 Å². The molecule has 30 heavy (non-hydrogen) atoms. The molecule has 0 amide bonds. The van der Waals surface area contributed by atoms with Crippen molar-refractivity contribution >= 4 is 0 Å². The van der Waals surface area contributed by atoms with Gasteiger partial charge in [-0.15, -0.1) is 0 Å². The van der Waals surface area contributed by atoms with Gasteiger partial charge in [0.15, 0.2) is 0 Å². The maximum Gasteiger partial charge on any atom is 0.126 e. The predicted molar refractivity (Wildman–Crippen MR) is 109 cm³/mol. The first-order chi connectivity index (χ1) is 14.4. The van der Waals surface area contributed by atoms with E-state index in [-0.39, 0.29) is 0 Å². The molecule has 0 bridgehead atoms. The summed E-state index contributed by atoms with van der Waals surface area (Å²) in [7, 11) is 1.44. The van der Waals surface area contributed by atoms with Gasteiger partial charge < -0.3 is 29.9 Å². The zero-order valence-corrected chi connectivity index (χ0v) is 17.0. The molecule has 0 saturated carbocycles. The lowest BCUT2D eigenvalue weighted by Gasteiger charge is -2.40. The summed E-state index contributed by atoms with van der Waals surface area (Å²) < 4.78 is 11.1. The Bertz CT molecular complexity index is 905. The Balaban J connectivity index is 2.01. The molecule has 1 fully saturated rings. The Morgan fingerprint density at radius 3 is 2.27 bits per heavy atom. The quantitative estimate of drug-likeness (QED) is 0.562. The highest BCUT2D eigenvalue weighted by Crippen LogP contribution is 2.38. The number of aryl methyl sites for hydroxylation is 1. The monoisotopic (exact) mass is 413 g/mol. The summed E-state index contributed by atoms with van der Waals surface area (Å²) in [4.78, 5) is 0. The Morgan fingerprint density at radius 2 is 1.70 bits per heavy atom. The van der Waals surface area contributed by atoms with Gasteiger partial charge in [-0.2, -0.15) is 5.26 Å². The molecule has 7 heteroatoms. The third-order valence-electron chi connectivity index (χ3n) is 5.60. The van der Waals surface area contributed by atoms with E-state index >= 15 is 0 Å².